The van der Waals surface area contributed by atoms with Crippen LogP contribution >= 0.6 is 61.1 Å². The van der Waals surface area contributed by atoms with E-state index in [2.05, 4.69) is 157 Å². The van der Waals surface area contributed by atoms with Crippen molar-refractivity contribution in [3.8, 4) is 62.0 Å². The minimum absolute atomic E-state index is 0.440. The third kappa shape index (κ3) is 18.3. The van der Waals surface area contributed by atoms with Crippen LogP contribution < -0.4 is 4.74 Å². The fraction of sp³-hybridized carbons (Fsp3) is 0.211. The van der Waals surface area contributed by atoms with Crippen LogP contribution in [0, 0.1) is 30.8 Å². The Morgan fingerprint density at radius 2 is 0.776 bits per heavy atom. The van der Waals surface area contributed by atoms with Crippen LogP contribution in [-0.2, 0) is 12.6 Å². The van der Waals surface area contributed by atoms with Gasteiger partial charge in [0.25, 0.3) is 0 Å². The molecule has 0 saturated heterocycles. The molecule has 0 amide bonds. The maximum Gasteiger partial charge on any atom is 0.416 e. The molecule has 10 aromatic rings. The second kappa shape index (κ2) is 28.7. The van der Waals surface area contributed by atoms with Crippen molar-refractivity contribution in [2.45, 2.75) is 72.4 Å². The summed E-state index contributed by atoms with van der Waals surface area (Å²) >= 11 is 24.7. The zero-order valence-corrected chi connectivity index (χ0v) is 46.7. The van der Waals surface area contributed by atoms with Crippen molar-refractivity contribution >= 4 is 61.1 Å². The zero-order valence-electron chi connectivity index (χ0n) is 42.6. The van der Waals surface area contributed by atoms with Crippen LogP contribution in [-0.4, -0.2) is 56.4 Å². The van der Waals surface area contributed by atoms with Gasteiger partial charge in [-0.25, -0.2) is 0 Å². The molecule has 5 aromatic carbocycles. The van der Waals surface area contributed by atoms with E-state index in [0.717, 1.165) is 83.2 Å². The van der Waals surface area contributed by atoms with Gasteiger partial charge in [-0.05, 0) is 162 Å². The molecule has 0 unspecified atom stereocenters. The maximum absolute atomic E-state index is 12.3. The first-order valence-electron chi connectivity index (χ1n) is 24.5. The van der Waals surface area contributed by atoms with E-state index in [1.54, 1.807) is 6.20 Å². The van der Waals surface area contributed by atoms with Gasteiger partial charge in [-0.1, -0.05) is 131 Å². The molecule has 0 radical (unpaired) electrons. The number of unbranched alkanes of at least 4 members (excludes halogenated alkanes) is 1. The van der Waals surface area contributed by atoms with E-state index in [1.807, 2.05) is 49.1 Å². The molecule has 0 aliphatic heterocycles. The number of nitrogens with one attached hydrogen (secondary N) is 10. The Hall–Kier alpha value is -7.16. The number of aromatic amines is 10. The Labute approximate surface area is 465 Å². The summed E-state index contributed by atoms with van der Waals surface area (Å²) in [6.45, 7) is 11.6. The molecule has 11 nitrogen and oxygen atoms in total. The Balaban J connectivity index is 0.000000155. The van der Waals surface area contributed by atoms with Gasteiger partial charge in [0.15, 0.2) is 23.9 Å². The van der Waals surface area contributed by atoms with Gasteiger partial charge in [-0.3, -0.25) is 0 Å². The van der Waals surface area contributed by atoms with Crippen LogP contribution in [0.15, 0.2) is 152 Å². The summed E-state index contributed by atoms with van der Waals surface area (Å²) < 4.78 is 45.6. The molecule has 10 rings (SSSR count). The van der Waals surface area contributed by atoms with E-state index in [-0.39, 0.29) is 0 Å². The lowest BCUT2D eigenvalue weighted by atomic mass is 10.0. The average Bonchev–Trinajstić information content (AvgIpc) is 4.30. The highest BCUT2D eigenvalue weighted by molar-refractivity contribution is 7.72. The number of hydrogen-bond acceptors (Lipinski definition) is 6. The number of aromatic nitrogens is 10. The van der Waals surface area contributed by atoms with Gasteiger partial charge in [-0.15, -0.1) is 0 Å². The van der Waals surface area contributed by atoms with Crippen molar-refractivity contribution < 1.29 is 17.9 Å². The molecule has 19 heteroatoms. The van der Waals surface area contributed by atoms with Crippen molar-refractivity contribution in [2.75, 3.05) is 6.61 Å². The largest absolute Gasteiger partial charge is 0.494 e. The fourth-order valence-electron chi connectivity index (χ4n) is 7.26. The molecular formula is C57H61F3N10OS5. The standard InChI is InChI=1S/C13H16N2OS.2C12H14N2S.C10H7F3N2S.C10H10N2S/c1-2-3-8-16-11-6-4-10(5-7-11)12-9-14-13(17)15-12;1-8(2)9-3-5-10(6-4-9)11-7-13-12(15)14-11;1-2-3-9-4-6-10(7-5-9)11-8-13-12(15)14-11;11-10(12,13)7-3-1-6(2-4-7)8-5-14-9(16)15-8;1-7-2-4-8(5-3-7)9-6-11-10(13)12-9/h4-7,9H,2-3,8H2,1H3,(H2,14,15,17);3-8H,1-2H3,(H2,13,14,15);4-8H,2-3H2,1H3,(H2,13,14,15);1-5H,(H2,14,15,16);2-6H,1H3,(H2,11,12,13). The van der Waals surface area contributed by atoms with Crippen LogP contribution in [0.25, 0.3) is 56.3 Å². The smallest absolute Gasteiger partial charge is 0.416 e. The molecule has 0 aliphatic carbocycles. The lowest BCUT2D eigenvalue weighted by Gasteiger charge is -2.06. The molecule has 0 aliphatic rings. The second-order valence-corrected chi connectivity index (χ2v) is 19.7. The van der Waals surface area contributed by atoms with E-state index in [4.69, 9.17) is 65.8 Å². The molecule has 0 bridgehead atoms. The van der Waals surface area contributed by atoms with Gasteiger partial charge < -0.3 is 54.6 Å². The van der Waals surface area contributed by atoms with Crippen LogP contribution in [0.1, 0.15) is 75.1 Å². The SMILES string of the molecule is CC(C)c1ccc(-c2c[nH]c(=S)[nH]2)cc1.CCCCOc1ccc(-c2c[nH]c(=S)[nH]2)cc1.CCCc1ccc(-c2c[nH]c(=S)[nH]2)cc1.Cc1ccc(-c2c[nH]c(=S)[nH]2)cc1.FC(F)(F)c1ccc(-c2c[nH]c(=S)[nH]2)cc1. The molecular weight excluding hydrogens is 1060 g/mol. The van der Waals surface area contributed by atoms with E-state index in [9.17, 15) is 13.2 Å². The molecule has 0 atom stereocenters. The second-order valence-electron chi connectivity index (χ2n) is 17.7. The molecule has 0 saturated carbocycles. The van der Waals surface area contributed by atoms with Crippen molar-refractivity contribution in [2.24, 2.45) is 0 Å². The van der Waals surface area contributed by atoms with E-state index >= 15 is 0 Å². The summed E-state index contributed by atoms with van der Waals surface area (Å²) in [5.41, 5.74) is 13.3. The molecule has 0 spiro atoms. The van der Waals surface area contributed by atoms with Gasteiger partial charge in [0, 0.05) is 31.0 Å². The summed E-state index contributed by atoms with van der Waals surface area (Å²) in [4.78, 5) is 29.8. The first-order valence-corrected chi connectivity index (χ1v) is 26.6. The average molecular weight is 1120 g/mol. The number of imidazole rings is 5. The van der Waals surface area contributed by atoms with Crippen LogP contribution in [0.3, 0.4) is 0 Å². The van der Waals surface area contributed by atoms with E-state index < -0.39 is 11.7 Å². The number of alkyl halides is 3. The molecule has 0 fully saturated rings. The first kappa shape index (κ1) is 58.1. The molecule has 5 heterocycles. The number of halogens is 3. The number of H-pyrrole nitrogens is 10. The highest BCUT2D eigenvalue weighted by Crippen LogP contribution is 2.31. The van der Waals surface area contributed by atoms with Crippen molar-refractivity contribution in [3.63, 3.8) is 0 Å². The molecule has 10 N–H and O–H groups in total. The quantitative estimate of drug-likeness (QED) is 0.0432. The Bertz CT molecular complexity index is 3590. The van der Waals surface area contributed by atoms with Crippen molar-refractivity contribution in [1.29, 1.82) is 0 Å². The van der Waals surface area contributed by atoms with Crippen LogP contribution in [0.4, 0.5) is 13.2 Å². The third-order valence-corrected chi connectivity index (χ3v) is 12.6. The fourth-order valence-corrected chi connectivity index (χ4v) is 8.11. The summed E-state index contributed by atoms with van der Waals surface area (Å²) in [6, 6.07) is 38.3. The predicted molar refractivity (Wildman–Crippen MR) is 315 cm³/mol. The number of hydrogen-bond donors (Lipinski definition) is 10. The number of ether oxygens (including phenoxy) is 1. The highest BCUT2D eigenvalue weighted by atomic mass is 32.1. The van der Waals surface area contributed by atoms with Crippen molar-refractivity contribution in [3.05, 3.63) is 198 Å². The van der Waals surface area contributed by atoms with Gasteiger partial charge in [0.1, 0.15) is 5.75 Å². The van der Waals surface area contributed by atoms with Gasteiger partial charge in [0.05, 0.1) is 40.6 Å². The summed E-state index contributed by atoms with van der Waals surface area (Å²) in [7, 11) is 0. The molecule has 5 aromatic heterocycles. The van der Waals surface area contributed by atoms with Crippen LogP contribution in [0.2, 0.25) is 0 Å². The number of rotatable bonds is 12. The normalized spacial score (nSPS) is 10.8. The van der Waals surface area contributed by atoms with Crippen molar-refractivity contribution in [1.82, 2.24) is 49.8 Å². The zero-order chi connectivity index (χ0) is 54.6. The predicted octanol–water partition coefficient (Wildman–Crippen LogP) is 18.3. The Kier molecular flexibility index (Phi) is 21.9. The summed E-state index contributed by atoms with van der Waals surface area (Å²) in [5, 5.41) is 0. The molecule has 396 valence electrons. The minimum Gasteiger partial charge on any atom is -0.494 e. The van der Waals surface area contributed by atoms with E-state index in [0.29, 0.717) is 41.0 Å². The number of aryl methyl sites for hydroxylation is 2. The van der Waals surface area contributed by atoms with Crippen LogP contribution in [0.5, 0.6) is 5.75 Å². The highest BCUT2D eigenvalue weighted by Gasteiger charge is 2.30. The van der Waals surface area contributed by atoms with Gasteiger partial charge >= 0.3 is 6.18 Å². The number of benzene rings is 5. The third-order valence-electron chi connectivity index (χ3n) is 11.5. The van der Waals surface area contributed by atoms with E-state index in [1.165, 1.54) is 40.8 Å². The molecule has 76 heavy (non-hydrogen) atoms. The van der Waals surface area contributed by atoms with Gasteiger partial charge in [0.2, 0.25) is 0 Å². The Morgan fingerprint density at radius 3 is 1.08 bits per heavy atom. The minimum atomic E-state index is -4.30. The lowest BCUT2D eigenvalue weighted by molar-refractivity contribution is -0.137. The topological polar surface area (TPSA) is 167 Å². The van der Waals surface area contributed by atoms with Gasteiger partial charge in [-0.2, -0.15) is 13.2 Å². The summed E-state index contributed by atoms with van der Waals surface area (Å²) in [6.07, 6.45) is 9.43. The lowest BCUT2D eigenvalue weighted by Crippen LogP contribution is -2.03. The Morgan fingerprint density at radius 1 is 0.447 bits per heavy atom. The monoisotopic (exact) mass is 1120 g/mol. The summed E-state index contributed by atoms with van der Waals surface area (Å²) in [5.74, 6) is 1.49. The first-order chi connectivity index (χ1) is 36.5. The maximum atomic E-state index is 12.3.